The molecule has 0 amide bonds. The number of aliphatic hydroxyl groups is 1. The van der Waals surface area contributed by atoms with Gasteiger partial charge in [-0.25, -0.2) is 0 Å². The fourth-order valence-electron chi connectivity index (χ4n) is 10.4. The number of ketones is 1. The summed E-state index contributed by atoms with van der Waals surface area (Å²) in [6.45, 7) is 16.4. The highest BCUT2D eigenvalue weighted by Crippen LogP contribution is 2.79. The van der Waals surface area contributed by atoms with Crippen LogP contribution in [0.2, 0.25) is 0 Å². The molecular formula is C31H42N2O2. The number of hydrogen-bond acceptors (Lipinski definition) is 4. The summed E-state index contributed by atoms with van der Waals surface area (Å²) in [5.41, 5.74) is 2.24. The molecule has 1 spiro atoms. The van der Waals surface area contributed by atoms with E-state index in [-0.39, 0.29) is 50.9 Å². The summed E-state index contributed by atoms with van der Waals surface area (Å²) < 4.78 is 0. The van der Waals surface area contributed by atoms with Gasteiger partial charge < -0.3 is 5.11 Å². The number of nitriles is 1. The Balaban J connectivity index is 1.53. The highest BCUT2D eigenvalue weighted by Gasteiger charge is 2.78. The first kappa shape index (κ1) is 23.7. The lowest BCUT2D eigenvalue weighted by Crippen LogP contribution is -2.68. The van der Waals surface area contributed by atoms with Crippen LogP contribution in [0, 0.1) is 55.7 Å². The summed E-state index contributed by atoms with van der Waals surface area (Å²) in [5, 5.41) is 20.2. The molecule has 0 aromatic rings. The third-order valence-corrected chi connectivity index (χ3v) is 13.0. The van der Waals surface area contributed by atoms with E-state index in [1.807, 2.05) is 6.08 Å². The van der Waals surface area contributed by atoms with E-state index in [4.69, 9.17) is 4.99 Å². The van der Waals surface area contributed by atoms with E-state index in [9.17, 15) is 15.2 Å². The van der Waals surface area contributed by atoms with Crippen LogP contribution in [0.5, 0.6) is 0 Å². The molecule has 4 nitrogen and oxygen atoms in total. The highest BCUT2D eigenvalue weighted by atomic mass is 16.3. The van der Waals surface area contributed by atoms with Crippen molar-refractivity contribution in [1.29, 1.82) is 5.26 Å². The average Bonchev–Trinajstić information content (AvgIpc) is 3.54. The number of fused-ring (bicyclic) bond motifs is 5. The van der Waals surface area contributed by atoms with Crippen molar-refractivity contribution in [3.63, 3.8) is 0 Å². The van der Waals surface area contributed by atoms with Crippen molar-refractivity contribution in [2.75, 3.05) is 6.61 Å². The van der Waals surface area contributed by atoms with E-state index < -0.39 is 5.41 Å². The summed E-state index contributed by atoms with van der Waals surface area (Å²) >= 11 is 0. The van der Waals surface area contributed by atoms with Crippen LogP contribution in [0.3, 0.4) is 0 Å². The lowest BCUT2D eigenvalue weighted by Gasteiger charge is -2.69. The maximum Gasteiger partial charge on any atom is 0.178 e. The molecular weight excluding hydrogens is 432 g/mol. The topological polar surface area (TPSA) is 73.4 Å². The van der Waals surface area contributed by atoms with Crippen molar-refractivity contribution < 1.29 is 9.90 Å². The number of hydrogen-bond donors (Lipinski definition) is 1. The van der Waals surface area contributed by atoms with Gasteiger partial charge >= 0.3 is 0 Å². The summed E-state index contributed by atoms with van der Waals surface area (Å²) in [7, 11) is 0. The molecule has 1 aliphatic heterocycles. The zero-order valence-electron chi connectivity index (χ0n) is 22.7. The first-order chi connectivity index (χ1) is 16.2. The van der Waals surface area contributed by atoms with Gasteiger partial charge in [0.1, 0.15) is 11.6 Å². The molecule has 0 aromatic carbocycles. The van der Waals surface area contributed by atoms with Crippen LogP contribution < -0.4 is 0 Å². The summed E-state index contributed by atoms with van der Waals surface area (Å²) in [5.74, 6) is 0.658. The molecule has 3 saturated carbocycles. The summed E-state index contributed by atoms with van der Waals surface area (Å²) in [6.07, 6.45) is 12.2. The maximum absolute atomic E-state index is 13.2. The quantitative estimate of drug-likeness (QED) is 0.491. The third kappa shape index (κ3) is 2.43. The van der Waals surface area contributed by atoms with E-state index in [0.29, 0.717) is 11.5 Å². The minimum atomic E-state index is -0.547. The number of allylic oxidation sites excluding steroid dienone is 3. The minimum absolute atomic E-state index is 0.00531. The number of rotatable bonds is 1. The maximum atomic E-state index is 13.2. The van der Waals surface area contributed by atoms with Crippen molar-refractivity contribution in [2.45, 2.75) is 99.0 Å². The van der Waals surface area contributed by atoms with Crippen LogP contribution in [0.15, 0.2) is 28.3 Å². The standard InChI is InChI=1S/C31H42N2O2/c1-25(2)20-8-9-29(6)21(28(20,5)15-19(17-32)24(25)35)14-23-31(33-23)22-16-26(3,18-34)10-11-27(22,4)12-13-30(29,31)7/h14-15,20,22,34H,8-13,16,18H2,1-7H3/t20-,22?,26?,27+,28-,29+,30-,31+/m0/s1. The molecule has 3 fully saturated rings. The number of carbonyl (C=O) groups is 1. The first-order valence-electron chi connectivity index (χ1n) is 13.8. The Bertz CT molecular complexity index is 1190. The van der Waals surface area contributed by atoms with Crippen LogP contribution in [-0.2, 0) is 4.79 Å². The van der Waals surface area contributed by atoms with Gasteiger partial charge in [0.25, 0.3) is 0 Å². The molecule has 4 heteroatoms. The molecule has 0 radical (unpaired) electrons. The molecule has 1 heterocycles. The van der Waals surface area contributed by atoms with E-state index >= 15 is 0 Å². The predicted octanol–water partition coefficient (Wildman–Crippen LogP) is 6.21. The predicted molar refractivity (Wildman–Crippen MR) is 138 cm³/mol. The molecule has 0 aromatic heterocycles. The Hall–Kier alpha value is -1.73. The number of carbonyl (C=O) groups excluding carboxylic acids is 1. The Kier molecular flexibility index (Phi) is 4.32. The fraction of sp³-hybridized carbons (Fsp3) is 0.774. The van der Waals surface area contributed by atoms with E-state index in [0.717, 1.165) is 32.1 Å². The van der Waals surface area contributed by atoms with Gasteiger partial charge in [-0.3, -0.25) is 9.79 Å². The number of nitrogens with zero attached hydrogens (tertiary/aromatic N) is 2. The molecule has 0 bridgehead atoms. The van der Waals surface area contributed by atoms with Crippen molar-refractivity contribution in [1.82, 2.24) is 0 Å². The number of Topliss-reactive ketones (excluding diaryl/α,β-unsaturated/α-hetero) is 1. The second kappa shape index (κ2) is 6.39. The SMILES string of the molecule is CC1(CO)CC[C@]2(C)CC[C@@]3(C)[C@]4(C)CC[C@H]5C(C)(C)C(=O)C(C#N)=C[C@]5(C)C4=CC4=N[C@]43C2C1. The fourth-order valence-corrected chi connectivity index (χ4v) is 10.4. The second-order valence-corrected chi connectivity index (χ2v) is 15.0. The number of aliphatic hydroxyl groups excluding tert-OH is 1. The van der Waals surface area contributed by atoms with Crippen LogP contribution >= 0.6 is 0 Å². The summed E-state index contributed by atoms with van der Waals surface area (Å²) in [4.78, 5) is 18.6. The molecule has 0 saturated heterocycles. The zero-order valence-corrected chi connectivity index (χ0v) is 22.7. The van der Waals surface area contributed by atoms with Crippen molar-refractivity contribution in [2.24, 2.45) is 49.3 Å². The lowest BCUT2D eigenvalue weighted by atomic mass is 9.34. The van der Waals surface area contributed by atoms with Gasteiger partial charge in [0.15, 0.2) is 5.78 Å². The number of aliphatic imine (C=N–C) groups is 1. The Morgan fingerprint density at radius 3 is 2.37 bits per heavy atom. The highest BCUT2D eigenvalue weighted by molar-refractivity contribution is 6.16. The van der Waals surface area contributed by atoms with Gasteiger partial charge in [-0.05, 0) is 79.1 Å². The van der Waals surface area contributed by atoms with Gasteiger partial charge in [0.05, 0.1) is 11.3 Å². The van der Waals surface area contributed by atoms with Crippen molar-refractivity contribution in [3.05, 3.63) is 23.3 Å². The molecule has 1 N–H and O–H groups in total. The average molecular weight is 475 g/mol. The minimum Gasteiger partial charge on any atom is -0.396 e. The zero-order chi connectivity index (χ0) is 25.4. The van der Waals surface area contributed by atoms with Gasteiger partial charge in [-0.15, -0.1) is 0 Å². The molecule has 8 atom stereocenters. The molecule has 188 valence electrons. The molecule has 6 aliphatic rings. The summed E-state index contributed by atoms with van der Waals surface area (Å²) in [6, 6.07) is 2.25. The second-order valence-electron chi connectivity index (χ2n) is 15.0. The Morgan fingerprint density at radius 1 is 1.03 bits per heavy atom. The van der Waals surface area contributed by atoms with Gasteiger partial charge in [-0.1, -0.05) is 60.1 Å². The molecule has 2 unspecified atom stereocenters. The van der Waals surface area contributed by atoms with E-state index in [2.05, 4.69) is 60.6 Å². The molecule has 6 rings (SSSR count). The smallest absolute Gasteiger partial charge is 0.178 e. The lowest BCUT2D eigenvalue weighted by molar-refractivity contribution is -0.141. The molecule has 5 aliphatic carbocycles. The van der Waals surface area contributed by atoms with Crippen molar-refractivity contribution in [3.8, 4) is 6.07 Å². The first-order valence-corrected chi connectivity index (χ1v) is 13.8. The van der Waals surface area contributed by atoms with Crippen LogP contribution in [0.4, 0.5) is 0 Å². The normalized spacial score (nSPS) is 53.3. The van der Waals surface area contributed by atoms with E-state index in [1.54, 1.807) is 0 Å². The monoisotopic (exact) mass is 474 g/mol. The largest absolute Gasteiger partial charge is 0.396 e. The van der Waals surface area contributed by atoms with Crippen LogP contribution in [0.1, 0.15) is 93.4 Å². The van der Waals surface area contributed by atoms with Gasteiger partial charge in [-0.2, -0.15) is 5.26 Å². The Morgan fingerprint density at radius 2 is 1.71 bits per heavy atom. The van der Waals surface area contributed by atoms with Gasteiger partial charge in [0, 0.05) is 22.9 Å². The van der Waals surface area contributed by atoms with Crippen LogP contribution in [0.25, 0.3) is 0 Å². The van der Waals surface area contributed by atoms with Gasteiger partial charge in [0.2, 0.25) is 0 Å². The third-order valence-electron chi connectivity index (χ3n) is 13.0. The molecule has 35 heavy (non-hydrogen) atoms. The Labute approximate surface area is 211 Å². The van der Waals surface area contributed by atoms with Crippen molar-refractivity contribution >= 4 is 11.5 Å². The van der Waals surface area contributed by atoms with E-state index in [1.165, 1.54) is 24.1 Å². The van der Waals surface area contributed by atoms with Crippen LogP contribution in [-0.4, -0.2) is 28.7 Å².